The molecule has 0 bridgehead atoms. The molecule has 0 aromatic carbocycles. The average molecular weight is 526 g/mol. The van der Waals surface area contributed by atoms with Gasteiger partial charge in [0.2, 0.25) is 5.95 Å². The number of alkyl halides is 3. The van der Waals surface area contributed by atoms with Crippen LogP contribution >= 0.6 is 0 Å². The number of ether oxygens (including phenoxy) is 1. The lowest BCUT2D eigenvalue weighted by Crippen LogP contribution is -2.65. The van der Waals surface area contributed by atoms with E-state index in [0.29, 0.717) is 59.9 Å². The number of nitrogen functional groups attached to an aromatic ring is 1. The van der Waals surface area contributed by atoms with Crippen LogP contribution in [0.4, 0.5) is 24.9 Å². The zero-order valence-electron chi connectivity index (χ0n) is 20.6. The first-order valence-corrected chi connectivity index (χ1v) is 12.3. The monoisotopic (exact) mass is 525 g/mol. The highest BCUT2D eigenvalue weighted by molar-refractivity contribution is 5.88. The molecule has 38 heavy (non-hydrogen) atoms. The Balaban J connectivity index is 1.25. The maximum Gasteiger partial charge on any atom is 0.256 e. The Kier molecular flexibility index (Phi) is 5.88. The maximum absolute atomic E-state index is 15.1. The minimum atomic E-state index is -2.54. The highest BCUT2D eigenvalue weighted by Gasteiger charge is 2.46. The van der Waals surface area contributed by atoms with E-state index in [2.05, 4.69) is 31.3 Å². The number of rotatable bonds is 6. The second kappa shape index (κ2) is 9.14. The Morgan fingerprint density at radius 3 is 2.76 bits per heavy atom. The molecule has 0 amide bonds. The number of halogens is 3. The van der Waals surface area contributed by atoms with Crippen molar-refractivity contribution in [1.82, 2.24) is 34.0 Å². The summed E-state index contributed by atoms with van der Waals surface area (Å²) in [5.74, 6) is 3.59. The Labute approximate surface area is 216 Å². The first kappa shape index (κ1) is 24.4. The van der Waals surface area contributed by atoms with Gasteiger partial charge in [0.25, 0.3) is 6.43 Å². The lowest BCUT2D eigenvalue weighted by Gasteiger charge is -2.49. The quantitative estimate of drug-likeness (QED) is 0.370. The van der Waals surface area contributed by atoms with Crippen molar-refractivity contribution in [2.24, 2.45) is 0 Å². The second-order valence-corrected chi connectivity index (χ2v) is 9.71. The number of piperidine rings is 1. The molecule has 2 aliphatic rings. The number of imidazole rings is 1. The van der Waals surface area contributed by atoms with E-state index in [0.717, 1.165) is 0 Å². The number of nitrogens with zero attached hydrogens (tertiary/aromatic N) is 7. The fraction of sp³-hybridized carbons (Fsp3) is 0.440. The number of hydrogen-bond donors (Lipinski definition) is 2. The molecule has 198 valence electrons. The van der Waals surface area contributed by atoms with Crippen molar-refractivity contribution in [2.75, 3.05) is 37.4 Å². The Bertz CT molecular complexity index is 1560. The number of anilines is 2. The third-order valence-corrected chi connectivity index (χ3v) is 7.33. The number of nitrogens with two attached hydrogens (primary N) is 1. The number of aromatic nitrogens is 6. The second-order valence-electron chi connectivity index (χ2n) is 9.71. The molecule has 2 fully saturated rings. The van der Waals surface area contributed by atoms with Crippen molar-refractivity contribution < 1.29 is 17.9 Å². The molecule has 6 heterocycles. The fourth-order valence-corrected chi connectivity index (χ4v) is 5.22. The van der Waals surface area contributed by atoms with Crippen LogP contribution in [0, 0.1) is 19.3 Å². The summed E-state index contributed by atoms with van der Waals surface area (Å²) in [7, 11) is 0. The summed E-state index contributed by atoms with van der Waals surface area (Å²) in [6.45, 7) is 2.80. The van der Waals surface area contributed by atoms with Crippen LogP contribution in [0.1, 0.15) is 12.2 Å². The van der Waals surface area contributed by atoms with Gasteiger partial charge in [-0.15, -0.1) is 11.5 Å². The smallest absolute Gasteiger partial charge is 0.256 e. The van der Waals surface area contributed by atoms with E-state index in [1.165, 1.54) is 4.57 Å². The summed E-state index contributed by atoms with van der Waals surface area (Å²) in [4.78, 5) is 15.3. The van der Waals surface area contributed by atoms with Gasteiger partial charge in [0.05, 0.1) is 31.5 Å². The lowest BCUT2D eigenvalue weighted by atomic mass is 9.91. The molecule has 0 aliphatic carbocycles. The number of terminal acetylenes is 1. The molecule has 3 N–H and O–H groups in total. The molecule has 2 aliphatic heterocycles. The summed E-state index contributed by atoms with van der Waals surface area (Å²) in [5.41, 5.74) is 8.34. The highest BCUT2D eigenvalue weighted by Crippen LogP contribution is 2.32. The van der Waals surface area contributed by atoms with Crippen LogP contribution in [-0.2, 0) is 11.3 Å². The largest absolute Gasteiger partial charge is 0.382 e. The molecule has 0 unspecified atom stereocenters. The minimum Gasteiger partial charge on any atom is -0.382 e. The third-order valence-electron chi connectivity index (χ3n) is 7.33. The van der Waals surface area contributed by atoms with Crippen molar-refractivity contribution in [3.63, 3.8) is 0 Å². The van der Waals surface area contributed by atoms with Crippen molar-refractivity contribution in [1.29, 1.82) is 0 Å². The van der Waals surface area contributed by atoms with E-state index in [9.17, 15) is 8.78 Å². The number of likely N-dealkylation sites (tertiary alicyclic amines) is 1. The van der Waals surface area contributed by atoms with Gasteiger partial charge >= 0.3 is 0 Å². The molecular weight excluding hydrogens is 499 g/mol. The van der Waals surface area contributed by atoms with E-state index in [4.69, 9.17) is 16.9 Å². The van der Waals surface area contributed by atoms with Crippen LogP contribution in [0.2, 0.25) is 0 Å². The number of fused-ring (bicyclic) bond motifs is 2. The molecule has 13 heteroatoms. The maximum atomic E-state index is 15.1. The van der Waals surface area contributed by atoms with Gasteiger partial charge in [-0.25, -0.2) is 27.7 Å². The molecule has 0 saturated carbocycles. The zero-order chi connectivity index (χ0) is 26.6. The van der Waals surface area contributed by atoms with Gasteiger partial charge in [-0.1, -0.05) is 5.92 Å². The number of hydrogen-bond acceptors (Lipinski definition) is 8. The van der Waals surface area contributed by atoms with Crippen LogP contribution in [0.3, 0.4) is 0 Å². The van der Waals surface area contributed by atoms with Crippen LogP contribution < -0.4 is 11.1 Å². The van der Waals surface area contributed by atoms with Crippen LogP contribution in [0.15, 0.2) is 24.4 Å². The molecule has 10 nitrogen and oxygen atoms in total. The summed E-state index contributed by atoms with van der Waals surface area (Å²) < 4.78 is 49.6. The van der Waals surface area contributed by atoms with E-state index < -0.39 is 30.7 Å². The highest BCUT2D eigenvalue weighted by atomic mass is 19.3. The zero-order valence-corrected chi connectivity index (χ0v) is 20.6. The molecule has 0 radical (unpaired) electrons. The Morgan fingerprint density at radius 2 is 2.08 bits per heavy atom. The van der Waals surface area contributed by atoms with Gasteiger partial charge in [-0.05, 0) is 31.5 Å². The normalized spacial score (nSPS) is 21.6. The lowest BCUT2D eigenvalue weighted by molar-refractivity contribution is -0.120. The number of aryl methyl sites for hydroxylation is 1. The van der Waals surface area contributed by atoms with Crippen molar-refractivity contribution in [3.05, 3.63) is 30.2 Å². The summed E-state index contributed by atoms with van der Waals surface area (Å²) in [5, 5.41) is 7.57. The standard InChI is InChI=1S/C25H26F3N9O/c1-3-25(12-38-13-25)35-8-7-18(16(26)10-35)32-24-33-22(29)21-15(6-9-37(21)34-24)17-4-5-19-23(31-17)36(11-20(27)28)14(2)30-19/h1,4-6,9,16,18,20H,7-8,10-13H2,2H3,(H3,29,32,33,34)/t16-,18+/m1/s1. The van der Waals surface area contributed by atoms with Gasteiger partial charge in [0.1, 0.15) is 28.6 Å². The molecule has 0 spiro atoms. The van der Waals surface area contributed by atoms with Gasteiger partial charge in [0, 0.05) is 24.8 Å². The van der Waals surface area contributed by atoms with Gasteiger partial charge < -0.3 is 20.4 Å². The molecule has 2 atom stereocenters. The fourth-order valence-electron chi connectivity index (χ4n) is 5.22. The van der Waals surface area contributed by atoms with Crippen molar-refractivity contribution >= 4 is 28.4 Å². The van der Waals surface area contributed by atoms with Crippen LogP contribution in [-0.4, -0.2) is 84.5 Å². The molecule has 4 aromatic rings. The van der Waals surface area contributed by atoms with E-state index in [1.54, 1.807) is 35.8 Å². The van der Waals surface area contributed by atoms with Gasteiger partial charge in [0.15, 0.2) is 11.5 Å². The van der Waals surface area contributed by atoms with Crippen molar-refractivity contribution in [3.8, 4) is 23.6 Å². The summed E-state index contributed by atoms with van der Waals surface area (Å²) in [6, 6.07) is 4.75. The minimum absolute atomic E-state index is 0.174. The van der Waals surface area contributed by atoms with Crippen LogP contribution in [0.5, 0.6) is 0 Å². The topological polar surface area (TPSA) is 111 Å². The van der Waals surface area contributed by atoms with Crippen molar-refractivity contribution in [2.45, 2.75) is 44.1 Å². The molecule has 4 aromatic heterocycles. The van der Waals surface area contributed by atoms with Crippen LogP contribution in [0.25, 0.3) is 27.9 Å². The molecule has 2 saturated heterocycles. The predicted octanol–water partition coefficient (Wildman–Crippen LogP) is 2.52. The third kappa shape index (κ3) is 4.00. The van der Waals surface area contributed by atoms with Gasteiger partial charge in [-0.2, -0.15) is 4.98 Å². The summed E-state index contributed by atoms with van der Waals surface area (Å²) in [6.07, 6.45) is 4.17. The Morgan fingerprint density at radius 1 is 1.26 bits per heavy atom. The van der Waals surface area contributed by atoms with Gasteiger partial charge in [-0.3, -0.25) is 4.90 Å². The molecule has 6 rings (SSSR count). The number of nitrogens with one attached hydrogen (secondary N) is 1. The SMILES string of the molecule is C#CC1(N2CC[C@H](Nc3nc(N)c4c(-c5ccc6nc(C)n(CC(F)F)c6n5)ccn4n3)[C@H](F)C2)COC1. The van der Waals surface area contributed by atoms with E-state index in [-0.39, 0.29) is 18.3 Å². The van der Waals surface area contributed by atoms with E-state index >= 15 is 4.39 Å². The Hall–Kier alpha value is -3.89. The summed E-state index contributed by atoms with van der Waals surface area (Å²) >= 11 is 0. The molecular formula is C25H26F3N9O. The first-order chi connectivity index (χ1) is 18.3. The predicted molar refractivity (Wildman–Crippen MR) is 136 cm³/mol. The van der Waals surface area contributed by atoms with E-state index in [1.807, 2.05) is 4.90 Å². The first-order valence-electron chi connectivity index (χ1n) is 12.3. The average Bonchev–Trinajstić information content (AvgIpc) is 3.41. The number of pyridine rings is 1.